The van der Waals surface area contributed by atoms with E-state index in [-0.39, 0.29) is 6.03 Å². The molecule has 0 aromatic heterocycles. The molecule has 2 N–H and O–H groups in total. The van der Waals surface area contributed by atoms with Crippen molar-refractivity contribution < 1.29 is 9.53 Å². The molecule has 0 saturated carbocycles. The first kappa shape index (κ1) is 16.5. The molecule has 0 bridgehead atoms. The van der Waals surface area contributed by atoms with Gasteiger partial charge in [-0.05, 0) is 61.9 Å². The van der Waals surface area contributed by atoms with Crippen LogP contribution < -0.4 is 15.4 Å². The second-order valence-corrected chi connectivity index (χ2v) is 5.64. The Hall–Kier alpha value is -1.91. The van der Waals surface area contributed by atoms with Crippen LogP contribution in [0.3, 0.4) is 0 Å². The van der Waals surface area contributed by atoms with E-state index in [1.54, 1.807) is 49.4 Å². The van der Waals surface area contributed by atoms with Crippen LogP contribution in [0.15, 0.2) is 42.5 Å². The number of urea groups is 1. The summed E-state index contributed by atoms with van der Waals surface area (Å²) in [5.74, 6) is 0.625. The van der Waals surface area contributed by atoms with Gasteiger partial charge >= 0.3 is 6.03 Å². The number of hydrogen-bond acceptors (Lipinski definition) is 2. The van der Waals surface area contributed by atoms with Crippen LogP contribution in [0.1, 0.15) is 12.5 Å². The maximum Gasteiger partial charge on any atom is 0.322 e. The van der Waals surface area contributed by atoms with Gasteiger partial charge in [0.2, 0.25) is 0 Å². The third-order valence-corrected chi connectivity index (χ3v) is 3.38. The first-order valence-corrected chi connectivity index (χ1v) is 7.45. The number of anilines is 1. The van der Waals surface area contributed by atoms with Gasteiger partial charge in [-0.25, -0.2) is 4.79 Å². The molecule has 4 nitrogen and oxygen atoms in total. The van der Waals surface area contributed by atoms with E-state index in [1.165, 1.54) is 0 Å². The molecule has 1 unspecified atom stereocenters. The zero-order valence-electron chi connectivity index (χ0n) is 12.2. The van der Waals surface area contributed by atoms with Gasteiger partial charge in [0, 0.05) is 15.7 Å². The molecule has 0 aliphatic rings. The number of hydrogen-bond donors (Lipinski definition) is 2. The minimum absolute atomic E-state index is 0.355. The first-order valence-electron chi connectivity index (χ1n) is 6.70. The molecule has 2 aromatic carbocycles. The maximum atomic E-state index is 11.9. The summed E-state index contributed by atoms with van der Waals surface area (Å²) >= 11 is 11.7. The number of carbonyl (C=O) groups excluding carboxylic acids is 1. The van der Waals surface area contributed by atoms with Gasteiger partial charge in [-0.15, -0.1) is 0 Å². The molecule has 6 heteroatoms. The zero-order valence-corrected chi connectivity index (χ0v) is 13.7. The third kappa shape index (κ3) is 4.83. The number of benzene rings is 2. The van der Waals surface area contributed by atoms with Crippen molar-refractivity contribution in [3.05, 3.63) is 58.1 Å². The van der Waals surface area contributed by atoms with Crippen molar-refractivity contribution in [3.8, 4) is 5.75 Å². The summed E-state index contributed by atoms with van der Waals surface area (Å²) < 4.78 is 5.58. The van der Waals surface area contributed by atoms with E-state index < -0.39 is 6.23 Å². The van der Waals surface area contributed by atoms with Crippen molar-refractivity contribution in [1.82, 2.24) is 5.32 Å². The van der Waals surface area contributed by atoms with E-state index in [0.29, 0.717) is 21.5 Å². The Morgan fingerprint density at radius 3 is 2.36 bits per heavy atom. The molecule has 0 saturated heterocycles. The van der Waals surface area contributed by atoms with Crippen LogP contribution in [0.2, 0.25) is 10.0 Å². The van der Waals surface area contributed by atoms with Crippen LogP contribution in [-0.2, 0) is 0 Å². The minimum atomic E-state index is -0.492. The van der Waals surface area contributed by atoms with Crippen LogP contribution in [-0.4, -0.2) is 12.3 Å². The molecule has 0 radical (unpaired) electrons. The first-order chi connectivity index (χ1) is 10.4. The lowest BCUT2D eigenvalue weighted by Crippen LogP contribution is -2.39. The highest BCUT2D eigenvalue weighted by Crippen LogP contribution is 2.19. The quantitative estimate of drug-likeness (QED) is 0.783. The number of nitrogens with one attached hydrogen (secondary N) is 2. The van der Waals surface area contributed by atoms with E-state index in [9.17, 15) is 4.79 Å². The predicted octanol–water partition coefficient (Wildman–Crippen LogP) is 4.85. The molecule has 0 fully saturated rings. The largest absolute Gasteiger partial charge is 0.471 e. The summed E-state index contributed by atoms with van der Waals surface area (Å²) in [5.41, 5.74) is 1.58. The van der Waals surface area contributed by atoms with Gasteiger partial charge in [-0.1, -0.05) is 23.2 Å². The monoisotopic (exact) mass is 338 g/mol. The second-order valence-electron chi connectivity index (χ2n) is 4.77. The van der Waals surface area contributed by atoms with Crippen LogP contribution >= 0.6 is 23.2 Å². The molecule has 1 atom stereocenters. The van der Waals surface area contributed by atoms with Crippen molar-refractivity contribution in [3.63, 3.8) is 0 Å². The average molecular weight is 339 g/mol. The van der Waals surface area contributed by atoms with Crippen LogP contribution in [0.5, 0.6) is 5.75 Å². The zero-order chi connectivity index (χ0) is 16.1. The van der Waals surface area contributed by atoms with Gasteiger partial charge in [-0.2, -0.15) is 0 Å². The normalized spacial score (nSPS) is 11.6. The molecule has 116 valence electrons. The van der Waals surface area contributed by atoms with Crippen LogP contribution in [0.4, 0.5) is 10.5 Å². The van der Waals surface area contributed by atoms with Crippen LogP contribution in [0, 0.1) is 6.92 Å². The number of halogens is 2. The Balaban J connectivity index is 1.89. The summed E-state index contributed by atoms with van der Waals surface area (Å²) in [6, 6.07) is 11.8. The van der Waals surface area contributed by atoms with Crippen molar-refractivity contribution in [2.24, 2.45) is 0 Å². The van der Waals surface area contributed by atoms with Gasteiger partial charge in [0.05, 0.1) is 0 Å². The molecule has 2 rings (SSSR count). The lowest BCUT2D eigenvalue weighted by molar-refractivity contribution is 0.183. The number of carbonyl (C=O) groups is 1. The minimum Gasteiger partial charge on any atom is -0.471 e. The average Bonchev–Trinajstić information content (AvgIpc) is 2.44. The van der Waals surface area contributed by atoms with Crippen molar-refractivity contribution in [2.45, 2.75) is 20.1 Å². The summed E-state index contributed by atoms with van der Waals surface area (Å²) in [4.78, 5) is 11.9. The van der Waals surface area contributed by atoms with Crippen molar-refractivity contribution in [2.75, 3.05) is 5.32 Å². The molecule has 2 amide bonds. The number of amides is 2. The van der Waals surface area contributed by atoms with E-state index in [0.717, 1.165) is 5.56 Å². The number of ether oxygens (including phenoxy) is 1. The van der Waals surface area contributed by atoms with Gasteiger partial charge in [-0.3, -0.25) is 0 Å². The molecule has 0 aliphatic heterocycles. The highest BCUT2D eigenvalue weighted by atomic mass is 35.5. The highest BCUT2D eigenvalue weighted by Gasteiger charge is 2.10. The van der Waals surface area contributed by atoms with Gasteiger partial charge in [0.25, 0.3) is 0 Å². The molecule has 22 heavy (non-hydrogen) atoms. The molecular weight excluding hydrogens is 323 g/mol. The van der Waals surface area contributed by atoms with E-state index in [2.05, 4.69) is 10.6 Å². The van der Waals surface area contributed by atoms with Gasteiger partial charge < -0.3 is 15.4 Å². The van der Waals surface area contributed by atoms with Crippen molar-refractivity contribution in [1.29, 1.82) is 0 Å². The molecular formula is C16H16Cl2N2O2. The van der Waals surface area contributed by atoms with Gasteiger partial charge in [0.15, 0.2) is 6.23 Å². The summed E-state index contributed by atoms with van der Waals surface area (Å²) in [6.45, 7) is 3.61. The molecule has 0 aliphatic carbocycles. The summed E-state index contributed by atoms with van der Waals surface area (Å²) in [6.07, 6.45) is -0.492. The Morgan fingerprint density at radius 2 is 1.73 bits per heavy atom. The Bertz CT molecular complexity index is 660. The lowest BCUT2D eigenvalue weighted by Gasteiger charge is -2.17. The lowest BCUT2D eigenvalue weighted by atomic mass is 10.2. The standard InChI is InChI=1S/C16H16Cl2N2O2/c1-10-9-13(18)5-8-15(10)20-16(21)19-11(2)22-14-6-3-12(17)4-7-14/h3-9,11H,1-2H3,(H2,19,20,21). The fourth-order valence-electron chi connectivity index (χ4n) is 1.86. The smallest absolute Gasteiger partial charge is 0.322 e. The maximum absolute atomic E-state index is 11.9. The predicted molar refractivity (Wildman–Crippen MR) is 89.9 cm³/mol. The highest BCUT2D eigenvalue weighted by molar-refractivity contribution is 6.31. The van der Waals surface area contributed by atoms with Gasteiger partial charge in [0.1, 0.15) is 5.75 Å². The summed E-state index contributed by atoms with van der Waals surface area (Å²) in [7, 11) is 0. The molecule has 0 spiro atoms. The molecule has 2 aromatic rings. The molecule has 0 heterocycles. The Kier molecular flexibility index (Phi) is 5.52. The number of rotatable bonds is 4. The summed E-state index contributed by atoms with van der Waals surface area (Å²) in [5, 5.41) is 6.70. The fraction of sp³-hybridized carbons (Fsp3) is 0.188. The van der Waals surface area contributed by atoms with Crippen molar-refractivity contribution >= 4 is 34.9 Å². The van der Waals surface area contributed by atoms with E-state index in [4.69, 9.17) is 27.9 Å². The SMILES string of the molecule is Cc1cc(Cl)ccc1NC(=O)NC(C)Oc1ccc(Cl)cc1. The topological polar surface area (TPSA) is 50.4 Å². The third-order valence-electron chi connectivity index (χ3n) is 2.90. The Morgan fingerprint density at radius 1 is 1.09 bits per heavy atom. The Labute approximate surface area is 139 Å². The second kappa shape index (κ2) is 7.38. The van der Waals surface area contributed by atoms with E-state index >= 15 is 0 Å². The number of aryl methyl sites for hydroxylation is 1. The fourth-order valence-corrected chi connectivity index (χ4v) is 2.21. The van der Waals surface area contributed by atoms with Crippen LogP contribution in [0.25, 0.3) is 0 Å². The van der Waals surface area contributed by atoms with E-state index in [1.807, 2.05) is 6.92 Å².